The van der Waals surface area contributed by atoms with Gasteiger partial charge in [0.05, 0.1) is 10.9 Å². The number of fused-ring (bicyclic) bond motifs is 1. The van der Waals surface area contributed by atoms with Gasteiger partial charge in [0.2, 0.25) is 0 Å². The van der Waals surface area contributed by atoms with Crippen LogP contribution in [-0.2, 0) is 13.6 Å². The van der Waals surface area contributed by atoms with E-state index in [2.05, 4.69) is 5.32 Å². The first kappa shape index (κ1) is 14.1. The zero-order chi connectivity index (χ0) is 15.0. The fraction of sp³-hybridized carbons (Fsp3) is 0.500. The van der Waals surface area contributed by atoms with Crippen LogP contribution in [0.15, 0.2) is 27.8 Å². The number of benzene rings is 1. The molecule has 1 atom stereocenters. The maximum atomic E-state index is 12.7. The van der Waals surface area contributed by atoms with Gasteiger partial charge in [0, 0.05) is 19.6 Å². The standard InChI is InChI=1S/C16H21N3O2/c1-11-6-5-8-13-14(11)15(20)19(16(21)18(13)2)10-12-7-3-4-9-17-12/h5-6,8,12,17H,3-4,7,9-10H2,1-2H3. The Labute approximate surface area is 123 Å². The zero-order valence-corrected chi connectivity index (χ0v) is 12.6. The van der Waals surface area contributed by atoms with Crippen molar-refractivity contribution in [2.45, 2.75) is 38.8 Å². The second-order valence-corrected chi connectivity index (χ2v) is 5.87. The molecule has 0 amide bonds. The Balaban J connectivity index is 2.16. The summed E-state index contributed by atoms with van der Waals surface area (Å²) in [6.45, 7) is 3.33. The van der Waals surface area contributed by atoms with E-state index in [0.717, 1.165) is 24.9 Å². The third-order valence-electron chi connectivity index (χ3n) is 4.40. The van der Waals surface area contributed by atoms with Crippen LogP contribution in [0, 0.1) is 6.92 Å². The van der Waals surface area contributed by atoms with Gasteiger partial charge in [-0.15, -0.1) is 0 Å². The molecule has 0 aliphatic carbocycles. The third-order valence-corrected chi connectivity index (χ3v) is 4.40. The summed E-state index contributed by atoms with van der Waals surface area (Å²) in [6, 6.07) is 5.83. The topological polar surface area (TPSA) is 56.0 Å². The van der Waals surface area contributed by atoms with Gasteiger partial charge in [0.25, 0.3) is 5.56 Å². The summed E-state index contributed by atoms with van der Waals surface area (Å²) in [6.07, 6.45) is 3.33. The second-order valence-electron chi connectivity index (χ2n) is 5.87. The summed E-state index contributed by atoms with van der Waals surface area (Å²) in [4.78, 5) is 25.2. The third kappa shape index (κ3) is 2.42. The summed E-state index contributed by atoms with van der Waals surface area (Å²) in [5.41, 5.74) is 1.22. The van der Waals surface area contributed by atoms with Gasteiger partial charge in [-0.05, 0) is 37.9 Å². The molecule has 1 aromatic carbocycles. The van der Waals surface area contributed by atoms with Crippen LogP contribution in [-0.4, -0.2) is 21.7 Å². The molecule has 2 aromatic rings. The van der Waals surface area contributed by atoms with Crippen molar-refractivity contribution < 1.29 is 0 Å². The predicted octanol–water partition coefficient (Wildman–Crippen LogP) is 1.15. The van der Waals surface area contributed by atoms with E-state index in [4.69, 9.17) is 0 Å². The molecule has 0 bridgehead atoms. The van der Waals surface area contributed by atoms with Gasteiger partial charge in [0.15, 0.2) is 0 Å². The van der Waals surface area contributed by atoms with Crippen LogP contribution >= 0.6 is 0 Å². The van der Waals surface area contributed by atoms with E-state index in [-0.39, 0.29) is 17.3 Å². The average molecular weight is 287 g/mol. The molecule has 1 aliphatic rings. The van der Waals surface area contributed by atoms with E-state index in [1.54, 1.807) is 11.6 Å². The normalized spacial score (nSPS) is 19.0. The molecule has 0 saturated carbocycles. The first-order valence-corrected chi connectivity index (χ1v) is 7.52. The van der Waals surface area contributed by atoms with Crippen LogP contribution in [0.5, 0.6) is 0 Å². The molecule has 1 N–H and O–H groups in total. The minimum absolute atomic E-state index is 0.168. The lowest BCUT2D eigenvalue weighted by molar-refractivity contribution is 0.353. The Hall–Kier alpha value is -1.88. The monoisotopic (exact) mass is 287 g/mol. The summed E-state index contributed by atoms with van der Waals surface area (Å²) in [7, 11) is 1.73. The SMILES string of the molecule is Cc1cccc2c1c(=O)n(CC1CCCCN1)c(=O)n2C. The van der Waals surface area contributed by atoms with Crippen molar-refractivity contribution in [1.29, 1.82) is 0 Å². The molecular formula is C16H21N3O2. The Morgan fingerprint density at radius 1 is 1.29 bits per heavy atom. The molecule has 1 aromatic heterocycles. The highest BCUT2D eigenvalue weighted by molar-refractivity contribution is 5.81. The van der Waals surface area contributed by atoms with E-state index in [1.165, 1.54) is 11.0 Å². The van der Waals surface area contributed by atoms with Crippen LogP contribution in [0.25, 0.3) is 10.9 Å². The first-order chi connectivity index (χ1) is 10.1. The smallest absolute Gasteiger partial charge is 0.312 e. The van der Waals surface area contributed by atoms with E-state index < -0.39 is 0 Å². The minimum Gasteiger partial charge on any atom is -0.312 e. The highest BCUT2D eigenvalue weighted by Crippen LogP contribution is 2.13. The van der Waals surface area contributed by atoms with E-state index in [0.29, 0.717) is 17.4 Å². The molecule has 0 radical (unpaired) electrons. The lowest BCUT2D eigenvalue weighted by atomic mass is 10.0. The second kappa shape index (κ2) is 5.48. The number of nitrogens with one attached hydrogen (secondary N) is 1. The van der Waals surface area contributed by atoms with E-state index in [1.807, 2.05) is 25.1 Å². The summed E-state index contributed by atoms with van der Waals surface area (Å²) >= 11 is 0. The van der Waals surface area contributed by atoms with Gasteiger partial charge in [0.1, 0.15) is 0 Å². The van der Waals surface area contributed by atoms with Gasteiger partial charge in [-0.25, -0.2) is 4.79 Å². The maximum absolute atomic E-state index is 12.7. The lowest BCUT2D eigenvalue weighted by Crippen LogP contribution is -2.46. The predicted molar refractivity (Wildman–Crippen MR) is 83.8 cm³/mol. The van der Waals surface area contributed by atoms with Gasteiger partial charge >= 0.3 is 5.69 Å². The molecule has 3 rings (SSSR count). The molecule has 5 heteroatoms. The quantitative estimate of drug-likeness (QED) is 0.901. The van der Waals surface area contributed by atoms with E-state index >= 15 is 0 Å². The van der Waals surface area contributed by atoms with Gasteiger partial charge in [-0.1, -0.05) is 18.6 Å². The Kier molecular flexibility index (Phi) is 3.68. The molecular weight excluding hydrogens is 266 g/mol. The Morgan fingerprint density at radius 2 is 2.10 bits per heavy atom. The molecule has 1 saturated heterocycles. The molecule has 112 valence electrons. The molecule has 2 heterocycles. The number of nitrogens with zero attached hydrogens (tertiary/aromatic N) is 2. The number of rotatable bonds is 2. The number of piperidine rings is 1. The summed E-state index contributed by atoms with van der Waals surface area (Å²) < 4.78 is 2.96. The van der Waals surface area contributed by atoms with Crippen molar-refractivity contribution in [3.63, 3.8) is 0 Å². The number of aromatic nitrogens is 2. The van der Waals surface area contributed by atoms with Gasteiger partial charge < -0.3 is 5.32 Å². The Morgan fingerprint density at radius 3 is 2.81 bits per heavy atom. The van der Waals surface area contributed by atoms with Crippen molar-refractivity contribution in [3.8, 4) is 0 Å². The molecule has 1 aliphatic heterocycles. The summed E-state index contributed by atoms with van der Waals surface area (Å²) in [5.74, 6) is 0. The fourth-order valence-electron chi connectivity index (χ4n) is 3.18. The highest BCUT2D eigenvalue weighted by atomic mass is 16.2. The number of hydrogen-bond donors (Lipinski definition) is 1. The van der Waals surface area contributed by atoms with Crippen molar-refractivity contribution in [2.24, 2.45) is 7.05 Å². The molecule has 21 heavy (non-hydrogen) atoms. The fourth-order valence-corrected chi connectivity index (χ4v) is 3.18. The first-order valence-electron chi connectivity index (χ1n) is 7.52. The van der Waals surface area contributed by atoms with Crippen LogP contribution in [0.1, 0.15) is 24.8 Å². The molecule has 1 unspecified atom stereocenters. The maximum Gasteiger partial charge on any atom is 0.331 e. The van der Waals surface area contributed by atoms with E-state index in [9.17, 15) is 9.59 Å². The highest BCUT2D eigenvalue weighted by Gasteiger charge is 2.18. The van der Waals surface area contributed by atoms with Crippen LogP contribution in [0.2, 0.25) is 0 Å². The van der Waals surface area contributed by atoms with Crippen molar-refractivity contribution in [3.05, 3.63) is 44.6 Å². The molecule has 0 spiro atoms. The van der Waals surface area contributed by atoms with Crippen LogP contribution < -0.4 is 16.6 Å². The average Bonchev–Trinajstić information content (AvgIpc) is 2.50. The number of aryl methyl sites for hydroxylation is 2. The molecule has 5 nitrogen and oxygen atoms in total. The lowest BCUT2D eigenvalue weighted by Gasteiger charge is -2.24. The van der Waals surface area contributed by atoms with Gasteiger partial charge in [-0.3, -0.25) is 13.9 Å². The Bertz CT molecular complexity index is 782. The van der Waals surface area contributed by atoms with Gasteiger partial charge in [-0.2, -0.15) is 0 Å². The van der Waals surface area contributed by atoms with Crippen molar-refractivity contribution >= 4 is 10.9 Å². The van der Waals surface area contributed by atoms with Crippen LogP contribution in [0.4, 0.5) is 0 Å². The summed E-state index contributed by atoms with van der Waals surface area (Å²) in [5, 5.41) is 4.04. The zero-order valence-electron chi connectivity index (χ0n) is 12.6. The van der Waals surface area contributed by atoms with Crippen molar-refractivity contribution in [2.75, 3.05) is 6.54 Å². The molecule has 1 fully saturated rings. The minimum atomic E-state index is -0.231. The largest absolute Gasteiger partial charge is 0.331 e. The number of hydrogen-bond acceptors (Lipinski definition) is 3. The van der Waals surface area contributed by atoms with Crippen LogP contribution in [0.3, 0.4) is 0 Å². The van der Waals surface area contributed by atoms with Crippen molar-refractivity contribution in [1.82, 2.24) is 14.5 Å².